The number of hydrogen-bond donors (Lipinski definition) is 0. The van der Waals surface area contributed by atoms with Crippen molar-refractivity contribution in [2.45, 2.75) is 97.9 Å². The molecule has 1 atom stereocenters. The zero-order chi connectivity index (χ0) is 23.8. The zero-order valence-corrected chi connectivity index (χ0v) is 20.4. The van der Waals surface area contributed by atoms with Gasteiger partial charge in [-0.15, -0.1) is 0 Å². The predicted octanol–water partition coefficient (Wildman–Crippen LogP) is 3.46. The van der Waals surface area contributed by atoms with Crippen LogP contribution in [0.3, 0.4) is 0 Å². The van der Waals surface area contributed by atoms with Crippen molar-refractivity contribution in [2.75, 3.05) is 20.2 Å². The second kappa shape index (κ2) is 11.8. The van der Waals surface area contributed by atoms with Gasteiger partial charge in [-0.1, -0.05) is 51.6 Å². The van der Waals surface area contributed by atoms with Crippen molar-refractivity contribution in [1.29, 1.82) is 0 Å². The Morgan fingerprint density at radius 1 is 1.25 bits per heavy atom. The average molecular weight is 451 g/mol. The molecule has 0 spiro atoms. The molecule has 0 radical (unpaired) electrons. The minimum atomic E-state index is -1.11. The molecule has 1 aromatic rings. The van der Waals surface area contributed by atoms with Gasteiger partial charge in [0.2, 0.25) is 5.89 Å². The molecule has 1 aliphatic rings. The fourth-order valence-corrected chi connectivity index (χ4v) is 5.03. The minimum absolute atomic E-state index is 0.120. The van der Waals surface area contributed by atoms with Gasteiger partial charge in [0.25, 0.3) is 0 Å². The maximum atomic E-state index is 11.6. The second-order valence-electron chi connectivity index (χ2n) is 10.3. The molecule has 0 saturated heterocycles. The van der Waals surface area contributed by atoms with Crippen LogP contribution >= 0.6 is 0 Å². The Kier molecular flexibility index (Phi) is 9.67. The van der Waals surface area contributed by atoms with Gasteiger partial charge in [0.1, 0.15) is 0 Å². The molecule has 0 amide bonds. The molecule has 2 rings (SSSR count). The van der Waals surface area contributed by atoms with Crippen LogP contribution in [0.25, 0.3) is 0 Å². The number of carboxylic acids is 1. The number of nitrogens with zero attached hydrogens (tertiary/aromatic N) is 3. The van der Waals surface area contributed by atoms with Crippen LogP contribution in [0.5, 0.6) is 0 Å². The van der Waals surface area contributed by atoms with Gasteiger partial charge >= 0.3 is 5.97 Å². The summed E-state index contributed by atoms with van der Waals surface area (Å²) in [5.41, 5.74) is 0.519. The number of aliphatic carboxylic acids is 1. The van der Waals surface area contributed by atoms with Crippen LogP contribution < -0.4 is 5.11 Å². The number of esters is 1. The number of ether oxygens (including phenoxy) is 1. The number of aromatic nitrogens is 2. The molecule has 0 bridgehead atoms. The summed E-state index contributed by atoms with van der Waals surface area (Å²) in [7, 11) is 1.77. The first-order valence-corrected chi connectivity index (χ1v) is 11.9. The second-order valence-corrected chi connectivity index (χ2v) is 10.3. The Morgan fingerprint density at radius 2 is 1.94 bits per heavy atom. The lowest BCUT2D eigenvalue weighted by Gasteiger charge is -2.48. The topological polar surface area (TPSA) is 109 Å². The highest BCUT2D eigenvalue weighted by Gasteiger charge is 2.41. The van der Waals surface area contributed by atoms with Crippen molar-refractivity contribution < 1.29 is 24.0 Å². The summed E-state index contributed by atoms with van der Waals surface area (Å²) < 4.78 is 10.4. The molecular formula is C24H40N3O5-. The van der Waals surface area contributed by atoms with E-state index in [1.807, 2.05) is 0 Å². The van der Waals surface area contributed by atoms with Crippen LogP contribution in [-0.2, 0) is 20.9 Å². The lowest BCUT2D eigenvalue weighted by atomic mass is 9.57. The van der Waals surface area contributed by atoms with Crippen molar-refractivity contribution >= 4 is 11.9 Å². The maximum absolute atomic E-state index is 11.6. The first kappa shape index (κ1) is 26.3. The zero-order valence-electron chi connectivity index (χ0n) is 20.4. The summed E-state index contributed by atoms with van der Waals surface area (Å²) in [5.74, 6) is -1.03. The molecule has 8 nitrogen and oxygen atoms in total. The van der Waals surface area contributed by atoms with Crippen molar-refractivity contribution in [3.8, 4) is 0 Å². The number of likely N-dealkylation sites (N-methyl/N-ethyl adjacent to an activating group) is 1. The van der Waals surface area contributed by atoms with Gasteiger partial charge in [0, 0.05) is 11.9 Å². The fourth-order valence-electron chi connectivity index (χ4n) is 5.03. The normalized spacial score (nSPS) is 17.3. The third-order valence-electron chi connectivity index (χ3n) is 6.97. The molecule has 0 aliphatic heterocycles. The third kappa shape index (κ3) is 7.57. The van der Waals surface area contributed by atoms with E-state index >= 15 is 0 Å². The summed E-state index contributed by atoms with van der Waals surface area (Å²) in [6.45, 7) is 9.51. The number of carbonyl (C=O) groups is 2. The first-order valence-electron chi connectivity index (χ1n) is 11.9. The lowest BCUT2D eigenvalue weighted by Crippen LogP contribution is -2.37. The quantitative estimate of drug-likeness (QED) is 0.446. The van der Waals surface area contributed by atoms with E-state index in [1.54, 1.807) is 18.9 Å². The molecule has 1 aliphatic carbocycles. The molecule has 1 saturated carbocycles. The molecule has 1 fully saturated rings. The molecule has 0 aromatic carbocycles. The predicted molar refractivity (Wildman–Crippen MR) is 118 cm³/mol. The highest BCUT2D eigenvalue weighted by molar-refractivity contribution is 5.71. The van der Waals surface area contributed by atoms with Gasteiger partial charge in [-0.2, -0.15) is 4.98 Å². The van der Waals surface area contributed by atoms with E-state index in [1.165, 1.54) is 32.1 Å². The van der Waals surface area contributed by atoms with Gasteiger partial charge in [-0.25, -0.2) is 0 Å². The first-order chi connectivity index (χ1) is 15.1. The number of carboxylic acid groups (broad SMARTS) is 1. The standard InChI is InChI=1S/C24H41N3O5/c1-6-31-21(30)17-27(5)16-19-25-22(32-26-19)18(15-20(28)29)11-10-14-24(23(2,3)4)12-8-7-9-13-24/h18H,6-17H2,1-5H3,(H,28,29)/p-1. The average Bonchev–Trinajstić information content (AvgIpc) is 3.15. The summed E-state index contributed by atoms with van der Waals surface area (Å²) in [6, 6.07) is 0. The van der Waals surface area contributed by atoms with Crippen LogP contribution in [0.15, 0.2) is 4.52 Å². The van der Waals surface area contributed by atoms with Gasteiger partial charge in [0.15, 0.2) is 5.82 Å². The Hall–Kier alpha value is -1.96. The van der Waals surface area contributed by atoms with E-state index in [2.05, 4.69) is 30.9 Å². The molecule has 8 heteroatoms. The van der Waals surface area contributed by atoms with Crippen LogP contribution in [0.2, 0.25) is 0 Å². The number of hydrogen-bond acceptors (Lipinski definition) is 8. The van der Waals surface area contributed by atoms with Gasteiger partial charge in [-0.05, 0) is 56.9 Å². The number of carbonyl (C=O) groups excluding carboxylic acids is 2. The third-order valence-corrected chi connectivity index (χ3v) is 6.97. The number of rotatable bonds is 12. The summed E-state index contributed by atoms with van der Waals surface area (Å²) in [6.07, 6.45) is 8.84. The van der Waals surface area contributed by atoms with E-state index in [0.29, 0.717) is 36.7 Å². The summed E-state index contributed by atoms with van der Waals surface area (Å²) >= 11 is 0. The van der Waals surface area contributed by atoms with Crippen molar-refractivity contribution in [2.24, 2.45) is 10.8 Å². The lowest BCUT2D eigenvalue weighted by molar-refractivity contribution is -0.306. The van der Waals surface area contributed by atoms with Crippen LogP contribution in [0.4, 0.5) is 0 Å². The van der Waals surface area contributed by atoms with Gasteiger partial charge < -0.3 is 19.2 Å². The van der Waals surface area contributed by atoms with Crippen molar-refractivity contribution in [1.82, 2.24) is 15.0 Å². The molecule has 1 heterocycles. The Bertz CT molecular complexity index is 734. The molecule has 32 heavy (non-hydrogen) atoms. The van der Waals surface area contributed by atoms with E-state index in [-0.39, 0.29) is 30.3 Å². The summed E-state index contributed by atoms with van der Waals surface area (Å²) in [4.78, 5) is 29.2. The molecule has 0 N–H and O–H groups in total. The smallest absolute Gasteiger partial charge is 0.320 e. The summed E-state index contributed by atoms with van der Waals surface area (Å²) in [5, 5.41) is 15.4. The Labute approximate surface area is 192 Å². The van der Waals surface area contributed by atoms with Gasteiger partial charge in [0.05, 0.1) is 19.7 Å². The maximum Gasteiger partial charge on any atom is 0.320 e. The van der Waals surface area contributed by atoms with Crippen molar-refractivity contribution in [3.63, 3.8) is 0 Å². The van der Waals surface area contributed by atoms with Gasteiger partial charge in [-0.3, -0.25) is 9.69 Å². The van der Waals surface area contributed by atoms with E-state index in [4.69, 9.17) is 9.26 Å². The molecular weight excluding hydrogens is 410 g/mol. The molecule has 182 valence electrons. The van der Waals surface area contributed by atoms with Crippen LogP contribution in [0, 0.1) is 10.8 Å². The van der Waals surface area contributed by atoms with E-state index in [9.17, 15) is 14.7 Å². The monoisotopic (exact) mass is 450 g/mol. The van der Waals surface area contributed by atoms with Crippen molar-refractivity contribution in [3.05, 3.63) is 11.7 Å². The Balaban J connectivity index is 1.99. The minimum Gasteiger partial charge on any atom is -0.550 e. The highest BCUT2D eigenvalue weighted by atomic mass is 16.5. The Morgan fingerprint density at radius 3 is 2.53 bits per heavy atom. The highest BCUT2D eigenvalue weighted by Crippen LogP contribution is 2.53. The van der Waals surface area contributed by atoms with E-state index in [0.717, 1.165) is 12.8 Å². The SMILES string of the molecule is CCOC(=O)CN(C)Cc1noc(C(CCCC2(C(C)(C)C)CCCCC2)CC(=O)[O-])n1. The molecule has 1 unspecified atom stereocenters. The largest absolute Gasteiger partial charge is 0.550 e. The van der Waals surface area contributed by atoms with Crippen LogP contribution in [0.1, 0.15) is 103 Å². The molecule has 1 aromatic heterocycles. The van der Waals surface area contributed by atoms with Crippen LogP contribution in [-0.4, -0.2) is 47.2 Å². The fraction of sp³-hybridized carbons (Fsp3) is 0.833. The van der Waals surface area contributed by atoms with E-state index < -0.39 is 5.97 Å².